The smallest absolute Gasteiger partial charge is 0.235 e. The van der Waals surface area contributed by atoms with E-state index in [2.05, 4.69) is 5.32 Å². The largest absolute Gasteiger partial charge is 0.351 e. The predicted octanol–water partition coefficient (Wildman–Crippen LogP) is 1.41. The van der Waals surface area contributed by atoms with Crippen LogP contribution in [0.2, 0.25) is 0 Å². The van der Waals surface area contributed by atoms with Crippen LogP contribution in [0.1, 0.15) is 11.1 Å². The Morgan fingerprint density at radius 1 is 1.57 bits per heavy atom. The van der Waals surface area contributed by atoms with Gasteiger partial charge in [0, 0.05) is 6.54 Å². The quantitative estimate of drug-likeness (QED) is 0.764. The van der Waals surface area contributed by atoms with E-state index < -0.39 is 0 Å². The topological polar surface area (TPSA) is 52.9 Å². The van der Waals surface area contributed by atoms with Crippen LogP contribution in [0.4, 0.5) is 0 Å². The van der Waals surface area contributed by atoms with Crippen LogP contribution in [-0.4, -0.2) is 11.8 Å². The maximum Gasteiger partial charge on any atom is 0.235 e. The standard InChI is InChI=1S/C10H9ClN2O/c11-5-10(14)13-7-9-3-1-2-8(4-9)6-12/h1-4H,5,7H2,(H,13,14). The Labute approximate surface area is 87.3 Å². The first kappa shape index (κ1) is 10.6. The van der Waals surface area contributed by atoms with E-state index in [9.17, 15) is 4.79 Å². The molecule has 0 aromatic heterocycles. The first-order chi connectivity index (χ1) is 6.76. The van der Waals surface area contributed by atoms with Gasteiger partial charge in [0.1, 0.15) is 5.88 Å². The number of nitrogens with one attached hydrogen (secondary N) is 1. The Morgan fingerprint density at radius 2 is 2.36 bits per heavy atom. The highest BCUT2D eigenvalue weighted by molar-refractivity contribution is 6.27. The lowest BCUT2D eigenvalue weighted by molar-refractivity contribution is -0.118. The van der Waals surface area contributed by atoms with E-state index in [0.29, 0.717) is 12.1 Å². The zero-order valence-electron chi connectivity index (χ0n) is 7.46. The summed E-state index contributed by atoms with van der Waals surface area (Å²) in [5.41, 5.74) is 1.48. The number of nitriles is 1. The highest BCUT2D eigenvalue weighted by atomic mass is 35.5. The third-order valence-electron chi connectivity index (χ3n) is 1.67. The van der Waals surface area contributed by atoms with Gasteiger partial charge in [-0.2, -0.15) is 5.26 Å². The Hall–Kier alpha value is -1.53. The van der Waals surface area contributed by atoms with Crippen molar-refractivity contribution < 1.29 is 4.79 Å². The van der Waals surface area contributed by atoms with E-state index in [1.807, 2.05) is 12.1 Å². The minimum absolute atomic E-state index is 0.0437. The van der Waals surface area contributed by atoms with Gasteiger partial charge in [0.2, 0.25) is 5.91 Å². The van der Waals surface area contributed by atoms with Crippen molar-refractivity contribution in [1.29, 1.82) is 5.26 Å². The minimum atomic E-state index is -0.214. The summed E-state index contributed by atoms with van der Waals surface area (Å²) in [7, 11) is 0. The van der Waals surface area contributed by atoms with Gasteiger partial charge in [0.15, 0.2) is 0 Å². The summed E-state index contributed by atoms with van der Waals surface area (Å²) in [6.45, 7) is 0.404. The number of rotatable bonds is 3. The number of halogens is 1. The zero-order valence-corrected chi connectivity index (χ0v) is 8.21. The van der Waals surface area contributed by atoms with Crippen molar-refractivity contribution >= 4 is 17.5 Å². The van der Waals surface area contributed by atoms with Gasteiger partial charge in [0.25, 0.3) is 0 Å². The van der Waals surface area contributed by atoms with Crippen molar-refractivity contribution in [3.05, 3.63) is 35.4 Å². The highest BCUT2D eigenvalue weighted by Gasteiger charge is 1.98. The molecule has 0 bridgehead atoms. The Balaban J connectivity index is 2.60. The summed E-state index contributed by atoms with van der Waals surface area (Å²) in [6.07, 6.45) is 0. The fourth-order valence-electron chi connectivity index (χ4n) is 0.999. The molecule has 3 nitrogen and oxygen atoms in total. The summed E-state index contributed by atoms with van der Waals surface area (Å²) in [5, 5.41) is 11.2. The predicted molar refractivity (Wildman–Crippen MR) is 53.7 cm³/mol. The van der Waals surface area contributed by atoms with Crippen molar-refractivity contribution in [2.75, 3.05) is 5.88 Å². The number of nitrogens with zero attached hydrogens (tertiary/aromatic N) is 1. The maximum absolute atomic E-state index is 10.8. The molecule has 1 N–H and O–H groups in total. The summed E-state index contributed by atoms with van der Waals surface area (Å²) in [5.74, 6) is -0.258. The second kappa shape index (κ2) is 5.25. The van der Waals surface area contributed by atoms with Gasteiger partial charge in [0.05, 0.1) is 11.6 Å². The fraction of sp³-hybridized carbons (Fsp3) is 0.200. The van der Waals surface area contributed by atoms with E-state index in [1.165, 1.54) is 0 Å². The summed E-state index contributed by atoms with van der Waals surface area (Å²) in [6, 6.07) is 9.10. The molecule has 72 valence electrons. The van der Waals surface area contributed by atoms with Gasteiger partial charge in [-0.15, -0.1) is 11.6 Å². The number of benzene rings is 1. The van der Waals surface area contributed by atoms with Crippen molar-refractivity contribution in [2.45, 2.75) is 6.54 Å². The van der Waals surface area contributed by atoms with Gasteiger partial charge in [-0.3, -0.25) is 4.79 Å². The average molecular weight is 209 g/mol. The summed E-state index contributed by atoms with van der Waals surface area (Å²) in [4.78, 5) is 10.8. The molecule has 1 aromatic carbocycles. The van der Waals surface area contributed by atoms with Crippen LogP contribution in [0.3, 0.4) is 0 Å². The van der Waals surface area contributed by atoms with E-state index in [-0.39, 0.29) is 11.8 Å². The van der Waals surface area contributed by atoms with Crippen LogP contribution in [0.25, 0.3) is 0 Å². The lowest BCUT2D eigenvalue weighted by Gasteiger charge is -2.02. The molecule has 1 amide bonds. The second-order valence-electron chi connectivity index (χ2n) is 2.72. The van der Waals surface area contributed by atoms with Gasteiger partial charge < -0.3 is 5.32 Å². The molecule has 0 radical (unpaired) electrons. The summed E-state index contributed by atoms with van der Waals surface area (Å²) < 4.78 is 0. The molecule has 0 aliphatic carbocycles. The molecule has 0 aliphatic heterocycles. The molecule has 0 spiro atoms. The fourth-order valence-corrected chi connectivity index (χ4v) is 1.09. The zero-order chi connectivity index (χ0) is 10.4. The number of hydrogen-bond acceptors (Lipinski definition) is 2. The number of carbonyl (C=O) groups is 1. The average Bonchev–Trinajstić information content (AvgIpc) is 2.26. The number of carbonyl (C=O) groups excluding carboxylic acids is 1. The van der Waals surface area contributed by atoms with Crippen LogP contribution in [0.5, 0.6) is 0 Å². The van der Waals surface area contributed by atoms with Crippen LogP contribution in [-0.2, 0) is 11.3 Å². The van der Waals surface area contributed by atoms with E-state index in [4.69, 9.17) is 16.9 Å². The first-order valence-corrected chi connectivity index (χ1v) is 4.61. The van der Waals surface area contributed by atoms with Gasteiger partial charge in [-0.1, -0.05) is 12.1 Å². The normalized spacial score (nSPS) is 9.14. The lowest BCUT2D eigenvalue weighted by Crippen LogP contribution is -2.23. The van der Waals surface area contributed by atoms with Crippen molar-refractivity contribution in [3.63, 3.8) is 0 Å². The van der Waals surface area contributed by atoms with Crippen LogP contribution >= 0.6 is 11.6 Å². The van der Waals surface area contributed by atoms with Crippen molar-refractivity contribution in [2.24, 2.45) is 0 Å². The third-order valence-corrected chi connectivity index (χ3v) is 1.91. The Kier molecular flexibility index (Phi) is 3.96. The number of hydrogen-bond donors (Lipinski definition) is 1. The van der Waals surface area contributed by atoms with Gasteiger partial charge in [-0.25, -0.2) is 0 Å². The molecule has 0 saturated carbocycles. The molecule has 1 aromatic rings. The molecule has 0 atom stereocenters. The molecule has 4 heteroatoms. The van der Waals surface area contributed by atoms with Gasteiger partial charge in [-0.05, 0) is 17.7 Å². The minimum Gasteiger partial charge on any atom is -0.351 e. The molecular weight excluding hydrogens is 200 g/mol. The molecule has 0 fully saturated rings. The Morgan fingerprint density at radius 3 is 3.00 bits per heavy atom. The molecule has 0 heterocycles. The van der Waals surface area contributed by atoms with Gasteiger partial charge >= 0.3 is 0 Å². The van der Waals surface area contributed by atoms with Crippen molar-refractivity contribution in [1.82, 2.24) is 5.32 Å². The molecule has 1 rings (SSSR count). The summed E-state index contributed by atoms with van der Waals surface area (Å²) >= 11 is 5.31. The van der Waals surface area contributed by atoms with Crippen LogP contribution in [0.15, 0.2) is 24.3 Å². The van der Waals surface area contributed by atoms with Crippen LogP contribution < -0.4 is 5.32 Å². The SMILES string of the molecule is N#Cc1cccc(CNC(=O)CCl)c1. The number of amides is 1. The Bertz CT molecular complexity index is 371. The monoisotopic (exact) mass is 208 g/mol. The highest BCUT2D eigenvalue weighted by Crippen LogP contribution is 2.03. The number of alkyl halides is 1. The second-order valence-corrected chi connectivity index (χ2v) is 2.99. The molecule has 14 heavy (non-hydrogen) atoms. The maximum atomic E-state index is 10.8. The van der Waals surface area contributed by atoms with Crippen LogP contribution in [0, 0.1) is 11.3 Å². The molecular formula is C10H9ClN2O. The molecule has 0 unspecified atom stereocenters. The molecule has 0 saturated heterocycles. The van der Waals surface area contributed by atoms with E-state index in [0.717, 1.165) is 5.56 Å². The first-order valence-electron chi connectivity index (χ1n) is 4.08. The van der Waals surface area contributed by atoms with E-state index >= 15 is 0 Å². The molecule has 0 aliphatic rings. The lowest BCUT2D eigenvalue weighted by atomic mass is 10.1. The third kappa shape index (κ3) is 3.08. The van der Waals surface area contributed by atoms with E-state index in [1.54, 1.807) is 18.2 Å². The van der Waals surface area contributed by atoms with Crippen molar-refractivity contribution in [3.8, 4) is 6.07 Å².